The number of rotatable bonds is 2. The van der Waals surface area contributed by atoms with Gasteiger partial charge >= 0.3 is 0 Å². The van der Waals surface area contributed by atoms with Gasteiger partial charge in [0.05, 0.1) is 0 Å². The maximum atomic E-state index is 12.5. The van der Waals surface area contributed by atoms with Crippen LogP contribution in [0.5, 0.6) is 0 Å². The summed E-state index contributed by atoms with van der Waals surface area (Å²) >= 11 is 2.53. The molecule has 1 amide bonds. The molecule has 22 heavy (non-hydrogen) atoms. The van der Waals surface area contributed by atoms with Crippen LogP contribution in [0.4, 0.5) is 5.69 Å². The van der Waals surface area contributed by atoms with E-state index in [0.29, 0.717) is 0 Å². The molecular formula is C14H11N5OS2. The van der Waals surface area contributed by atoms with Crippen LogP contribution in [-0.2, 0) is 9.67 Å². The Kier molecular flexibility index (Phi) is 3.10. The predicted molar refractivity (Wildman–Crippen MR) is 88.3 cm³/mol. The molecule has 1 spiro atoms. The number of anilines is 1. The zero-order valence-corrected chi connectivity index (χ0v) is 12.9. The molecule has 0 aliphatic carbocycles. The second kappa shape index (κ2) is 5.01. The van der Waals surface area contributed by atoms with E-state index < -0.39 is 4.87 Å². The third-order valence-electron chi connectivity index (χ3n) is 3.55. The van der Waals surface area contributed by atoms with E-state index in [1.807, 2.05) is 30.3 Å². The lowest BCUT2D eigenvalue weighted by molar-refractivity contribution is -0.118. The van der Waals surface area contributed by atoms with Gasteiger partial charge in [-0.15, -0.1) is 0 Å². The summed E-state index contributed by atoms with van der Waals surface area (Å²) in [7, 11) is 0. The molecule has 0 saturated carbocycles. The normalized spacial score (nSPS) is 22.2. The zero-order chi connectivity index (χ0) is 15.2. The summed E-state index contributed by atoms with van der Waals surface area (Å²) < 4.78 is 0. The molecule has 0 saturated heterocycles. The number of thioether (sulfide) groups is 1. The first-order chi connectivity index (χ1) is 10.7. The molecule has 0 fully saturated rings. The summed E-state index contributed by atoms with van der Waals surface area (Å²) in [5.41, 5.74) is 5.51. The Morgan fingerprint density at radius 1 is 1.32 bits per heavy atom. The van der Waals surface area contributed by atoms with Gasteiger partial charge in [-0.3, -0.25) is 20.3 Å². The monoisotopic (exact) mass is 329 g/mol. The number of carbonyl (C=O) groups excluding carboxylic acids is 1. The second-order valence-electron chi connectivity index (χ2n) is 4.83. The maximum absolute atomic E-state index is 12.5. The van der Waals surface area contributed by atoms with Gasteiger partial charge in [-0.2, -0.15) is 5.10 Å². The summed E-state index contributed by atoms with van der Waals surface area (Å²) in [6, 6.07) is 9.42. The largest absolute Gasteiger partial charge is 0.323 e. The van der Waals surface area contributed by atoms with Crippen LogP contribution >= 0.6 is 23.7 Å². The van der Waals surface area contributed by atoms with Crippen LogP contribution in [0.25, 0.3) is 0 Å². The molecule has 2 aromatic rings. The SMILES string of the molecule is NSc1ccc2c(c1)C1(NN=C(c3cccnc3)S1)C(=O)N2. The molecule has 2 aliphatic heterocycles. The Hall–Kier alpha value is -2.03. The highest BCUT2D eigenvalue weighted by Gasteiger charge is 2.52. The molecule has 1 unspecified atom stereocenters. The van der Waals surface area contributed by atoms with Crippen molar-refractivity contribution in [3.05, 3.63) is 53.9 Å². The number of carbonyl (C=O) groups is 1. The van der Waals surface area contributed by atoms with Crippen molar-refractivity contribution in [3.63, 3.8) is 0 Å². The van der Waals surface area contributed by atoms with Gasteiger partial charge in [0.2, 0.25) is 4.87 Å². The third kappa shape index (κ3) is 1.92. The lowest BCUT2D eigenvalue weighted by Crippen LogP contribution is -2.39. The number of aromatic nitrogens is 1. The van der Waals surface area contributed by atoms with Crippen molar-refractivity contribution in [3.8, 4) is 0 Å². The van der Waals surface area contributed by atoms with Gasteiger partial charge in [0.25, 0.3) is 5.91 Å². The first-order valence-corrected chi connectivity index (χ1v) is 8.19. The second-order valence-corrected chi connectivity index (χ2v) is 6.74. The quantitative estimate of drug-likeness (QED) is 0.728. The average molecular weight is 329 g/mol. The van der Waals surface area contributed by atoms with Crippen LogP contribution in [0, 0.1) is 0 Å². The van der Waals surface area contributed by atoms with E-state index in [1.54, 1.807) is 12.4 Å². The van der Waals surface area contributed by atoms with E-state index >= 15 is 0 Å². The molecule has 0 radical (unpaired) electrons. The maximum Gasteiger partial charge on any atom is 0.267 e. The minimum atomic E-state index is -0.938. The molecule has 0 bridgehead atoms. The van der Waals surface area contributed by atoms with Crippen molar-refractivity contribution in [2.24, 2.45) is 10.2 Å². The van der Waals surface area contributed by atoms with Crippen molar-refractivity contribution in [2.75, 3.05) is 5.32 Å². The Bertz CT molecular complexity index is 795. The third-order valence-corrected chi connectivity index (χ3v) is 5.40. The van der Waals surface area contributed by atoms with Gasteiger partial charge in [-0.1, -0.05) is 11.8 Å². The van der Waals surface area contributed by atoms with Crippen LogP contribution in [0.15, 0.2) is 52.7 Å². The average Bonchev–Trinajstić information content (AvgIpc) is 3.12. The van der Waals surface area contributed by atoms with E-state index in [2.05, 4.69) is 20.8 Å². The Labute approximate surface area is 135 Å². The fourth-order valence-corrected chi connectivity index (χ4v) is 3.94. The van der Waals surface area contributed by atoms with E-state index in [0.717, 1.165) is 38.7 Å². The lowest BCUT2D eigenvalue weighted by Gasteiger charge is -2.20. The standard InChI is InChI=1S/C14H11N5OS2/c15-22-9-3-4-11-10(6-9)14(13(20)17-11)19-18-12(21-14)8-2-1-5-16-7-8/h1-7,19H,15H2,(H,17,20). The van der Waals surface area contributed by atoms with Gasteiger partial charge in [-0.05, 0) is 42.3 Å². The van der Waals surface area contributed by atoms with E-state index in [1.165, 1.54) is 11.8 Å². The van der Waals surface area contributed by atoms with Crippen LogP contribution in [-0.4, -0.2) is 15.9 Å². The van der Waals surface area contributed by atoms with Crippen molar-refractivity contribution >= 4 is 40.3 Å². The van der Waals surface area contributed by atoms with Crippen LogP contribution in [0.2, 0.25) is 0 Å². The molecule has 1 aromatic heterocycles. The van der Waals surface area contributed by atoms with Crippen LogP contribution < -0.4 is 15.9 Å². The van der Waals surface area contributed by atoms with Crippen molar-refractivity contribution in [2.45, 2.75) is 9.77 Å². The number of pyridine rings is 1. The van der Waals surface area contributed by atoms with E-state index in [-0.39, 0.29) is 5.91 Å². The molecular weight excluding hydrogens is 318 g/mol. The molecule has 110 valence electrons. The fourth-order valence-electron chi connectivity index (χ4n) is 2.47. The van der Waals surface area contributed by atoms with Gasteiger partial charge in [-0.25, -0.2) is 0 Å². The van der Waals surface area contributed by atoms with E-state index in [4.69, 9.17) is 5.14 Å². The zero-order valence-electron chi connectivity index (χ0n) is 11.2. The molecule has 1 aromatic carbocycles. The summed E-state index contributed by atoms with van der Waals surface area (Å²) in [4.78, 5) is 16.6. The number of hydrogen-bond donors (Lipinski definition) is 3. The Morgan fingerprint density at radius 2 is 2.23 bits per heavy atom. The number of nitrogens with two attached hydrogens (primary N) is 1. The molecule has 6 nitrogen and oxygen atoms in total. The summed E-state index contributed by atoms with van der Waals surface area (Å²) in [6.07, 6.45) is 3.43. The first-order valence-electron chi connectivity index (χ1n) is 6.50. The highest BCUT2D eigenvalue weighted by atomic mass is 32.2. The summed E-state index contributed by atoms with van der Waals surface area (Å²) in [6.45, 7) is 0. The number of amides is 1. The molecule has 8 heteroatoms. The Balaban J connectivity index is 1.74. The topological polar surface area (TPSA) is 92.4 Å². The number of fused-ring (bicyclic) bond motifs is 2. The summed E-state index contributed by atoms with van der Waals surface area (Å²) in [5.74, 6) is -0.130. The van der Waals surface area contributed by atoms with Crippen molar-refractivity contribution in [1.29, 1.82) is 0 Å². The van der Waals surface area contributed by atoms with Gasteiger partial charge in [0.1, 0.15) is 5.04 Å². The highest BCUT2D eigenvalue weighted by Crippen LogP contribution is 2.48. The molecule has 1 atom stereocenters. The number of nitrogens with zero attached hydrogens (tertiary/aromatic N) is 2. The molecule has 4 rings (SSSR count). The van der Waals surface area contributed by atoms with E-state index in [9.17, 15) is 4.79 Å². The number of hydrazone groups is 1. The van der Waals surface area contributed by atoms with Crippen molar-refractivity contribution < 1.29 is 4.79 Å². The van der Waals surface area contributed by atoms with Crippen molar-refractivity contribution in [1.82, 2.24) is 10.4 Å². The smallest absolute Gasteiger partial charge is 0.267 e. The van der Waals surface area contributed by atoms with Gasteiger partial charge in [0, 0.05) is 34.1 Å². The minimum Gasteiger partial charge on any atom is -0.323 e. The van der Waals surface area contributed by atoms with Gasteiger partial charge in [0.15, 0.2) is 0 Å². The minimum absolute atomic E-state index is 0.130. The van der Waals surface area contributed by atoms with Gasteiger partial charge < -0.3 is 5.32 Å². The number of hydrogen-bond acceptors (Lipinski definition) is 7. The molecule has 4 N–H and O–H groups in total. The highest BCUT2D eigenvalue weighted by molar-refractivity contribution is 8.16. The summed E-state index contributed by atoms with van der Waals surface area (Å²) in [5, 5.41) is 13.6. The van der Waals surface area contributed by atoms with Crippen LogP contribution in [0.1, 0.15) is 11.1 Å². The fraction of sp³-hybridized carbons (Fsp3) is 0.0714. The first kappa shape index (κ1) is 13.6. The lowest BCUT2D eigenvalue weighted by atomic mass is 10.1. The van der Waals surface area contributed by atoms with Crippen LogP contribution in [0.3, 0.4) is 0 Å². The molecule has 3 heterocycles. The predicted octanol–water partition coefficient (Wildman–Crippen LogP) is 1.85. The molecule has 2 aliphatic rings. The number of benzene rings is 1. The number of nitrogens with one attached hydrogen (secondary N) is 2. The Morgan fingerprint density at radius 3 is 3.00 bits per heavy atom.